The molecule has 8 heteroatoms. The Morgan fingerprint density at radius 3 is 2.70 bits per heavy atom. The van der Waals surface area contributed by atoms with Crippen LogP contribution >= 0.6 is 0 Å². The van der Waals surface area contributed by atoms with Gasteiger partial charge in [-0.2, -0.15) is 0 Å². The molecule has 1 N–H and O–H groups in total. The maximum Gasteiger partial charge on any atom is 0.324 e. The first-order valence-electron chi connectivity index (χ1n) is 9.30. The van der Waals surface area contributed by atoms with E-state index < -0.39 is 22.0 Å². The lowest BCUT2D eigenvalue weighted by Crippen LogP contribution is -2.48. The van der Waals surface area contributed by atoms with E-state index in [1.807, 2.05) is 32.0 Å². The van der Waals surface area contributed by atoms with Crippen molar-refractivity contribution < 1.29 is 22.7 Å². The van der Waals surface area contributed by atoms with Crippen molar-refractivity contribution >= 4 is 16.0 Å². The smallest absolute Gasteiger partial charge is 0.324 e. The fourth-order valence-corrected chi connectivity index (χ4v) is 3.78. The van der Waals surface area contributed by atoms with Crippen LogP contribution in [0.3, 0.4) is 0 Å². The first-order chi connectivity index (χ1) is 12.8. The largest absolute Gasteiger partial charge is 0.462 e. The minimum absolute atomic E-state index is 0.114. The van der Waals surface area contributed by atoms with Gasteiger partial charge in [0.15, 0.2) is 0 Å². The van der Waals surface area contributed by atoms with Crippen molar-refractivity contribution in [3.05, 3.63) is 35.9 Å². The van der Waals surface area contributed by atoms with Crippen LogP contribution in [-0.4, -0.2) is 64.0 Å². The second-order valence-electron chi connectivity index (χ2n) is 7.10. The molecule has 0 saturated carbocycles. The summed E-state index contributed by atoms with van der Waals surface area (Å²) in [5.41, 5.74) is 1.23. The van der Waals surface area contributed by atoms with Crippen molar-refractivity contribution in [2.75, 3.05) is 32.6 Å². The molecule has 0 aliphatic carbocycles. The molecule has 27 heavy (non-hydrogen) atoms. The molecule has 1 aromatic rings. The van der Waals surface area contributed by atoms with Gasteiger partial charge in [0, 0.05) is 19.6 Å². The number of carbonyl (C=O) groups is 1. The number of morpholine rings is 1. The highest BCUT2D eigenvalue weighted by molar-refractivity contribution is 7.88. The Hall–Kier alpha value is -1.48. The number of hydrogen-bond donors (Lipinski definition) is 1. The van der Waals surface area contributed by atoms with Crippen LogP contribution < -0.4 is 4.72 Å². The van der Waals surface area contributed by atoms with Crippen LogP contribution in [0, 0.1) is 5.92 Å². The van der Waals surface area contributed by atoms with Gasteiger partial charge in [0.25, 0.3) is 0 Å². The Balaban J connectivity index is 1.87. The van der Waals surface area contributed by atoms with Crippen molar-refractivity contribution in [2.45, 2.75) is 39.0 Å². The molecule has 7 nitrogen and oxygen atoms in total. The topological polar surface area (TPSA) is 84.9 Å². The van der Waals surface area contributed by atoms with Gasteiger partial charge in [0.1, 0.15) is 18.8 Å². The standard InChI is InChI=1S/C19H30N2O5S/c1-4-15(2)18(20-27(3,23)24)19(22)26-14-17-13-21(10-11-25-17)12-16-8-6-5-7-9-16/h5-9,15,17-18,20H,4,10-14H2,1-3H3/t15-,17-,18-/m0/s1. The van der Waals surface area contributed by atoms with E-state index in [-0.39, 0.29) is 18.6 Å². The van der Waals surface area contributed by atoms with Crippen LogP contribution in [0.25, 0.3) is 0 Å². The van der Waals surface area contributed by atoms with Gasteiger partial charge in [0.05, 0.1) is 12.9 Å². The van der Waals surface area contributed by atoms with Crippen molar-refractivity contribution in [2.24, 2.45) is 5.92 Å². The number of nitrogens with one attached hydrogen (secondary N) is 1. The highest BCUT2D eigenvalue weighted by atomic mass is 32.2. The maximum atomic E-state index is 12.4. The summed E-state index contributed by atoms with van der Waals surface area (Å²) in [7, 11) is -3.50. The quantitative estimate of drug-likeness (QED) is 0.633. The van der Waals surface area contributed by atoms with Crippen LogP contribution in [0.15, 0.2) is 30.3 Å². The molecule has 1 aliphatic rings. The molecule has 0 amide bonds. The summed E-state index contributed by atoms with van der Waals surface area (Å²) in [5.74, 6) is -0.715. The highest BCUT2D eigenvalue weighted by Gasteiger charge is 2.30. The zero-order chi connectivity index (χ0) is 19.9. The lowest BCUT2D eigenvalue weighted by atomic mass is 10.0. The minimum Gasteiger partial charge on any atom is -0.462 e. The second kappa shape index (κ2) is 10.2. The Kier molecular flexibility index (Phi) is 8.22. The second-order valence-corrected chi connectivity index (χ2v) is 8.88. The first kappa shape index (κ1) is 21.8. The van der Waals surface area contributed by atoms with Gasteiger partial charge >= 0.3 is 5.97 Å². The van der Waals surface area contributed by atoms with E-state index in [4.69, 9.17) is 9.47 Å². The van der Waals surface area contributed by atoms with Crippen LogP contribution in [0.1, 0.15) is 25.8 Å². The summed E-state index contributed by atoms with van der Waals surface area (Å²) < 4.78 is 36.6. The number of ether oxygens (including phenoxy) is 2. The zero-order valence-corrected chi connectivity index (χ0v) is 17.1. The van der Waals surface area contributed by atoms with Gasteiger partial charge in [-0.15, -0.1) is 0 Å². The molecule has 0 unspecified atom stereocenters. The number of nitrogens with zero attached hydrogens (tertiary/aromatic N) is 1. The van der Waals surface area contributed by atoms with Crippen LogP contribution in [0.2, 0.25) is 0 Å². The molecule has 0 aromatic heterocycles. The number of carbonyl (C=O) groups excluding carboxylic acids is 1. The Bertz CT molecular complexity index is 695. The average Bonchev–Trinajstić information content (AvgIpc) is 2.64. The molecule has 1 aromatic carbocycles. The SMILES string of the molecule is CC[C@H](C)[C@H](NS(C)(=O)=O)C(=O)OC[C@@H]1CN(Cc2ccccc2)CCO1. The third kappa shape index (κ3) is 7.57. The Morgan fingerprint density at radius 2 is 2.07 bits per heavy atom. The van der Waals surface area contributed by atoms with Crippen LogP contribution in [-0.2, 0) is 30.8 Å². The Labute approximate surface area is 162 Å². The number of esters is 1. The molecule has 152 valence electrons. The maximum absolute atomic E-state index is 12.4. The molecule has 0 bridgehead atoms. The third-order valence-corrected chi connectivity index (χ3v) is 5.37. The van der Waals surface area contributed by atoms with Gasteiger partial charge in [-0.1, -0.05) is 50.6 Å². The van der Waals surface area contributed by atoms with E-state index in [1.54, 1.807) is 0 Å². The lowest BCUT2D eigenvalue weighted by Gasteiger charge is -2.33. The molecule has 3 atom stereocenters. The molecule has 1 aliphatic heterocycles. The van der Waals surface area contributed by atoms with Crippen molar-refractivity contribution in [3.8, 4) is 0 Å². The van der Waals surface area contributed by atoms with Gasteiger partial charge in [0.2, 0.25) is 10.0 Å². The molecule has 0 radical (unpaired) electrons. The van der Waals surface area contributed by atoms with Gasteiger partial charge < -0.3 is 9.47 Å². The molecule has 1 saturated heterocycles. The predicted octanol–water partition coefficient (Wildman–Crippen LogP) is 1.39. The Morgan fingerprint density at radius 1 is 1.37 bits per heavy atom. The monoisotopic (exact) mass is 398 g/mol. The van der Waals surface area contributed by atoms with E-state index >= 15 is 0 Å². The number of sulfonamides is 1. The fourth-order valence-electron chi connectivity index (χ4n) is 2.99. The van der Waals surface area contributed by atoms with Crippen molar-refractivity contribution in [1.29, 1.82) is 0 Å². The molecular weight excluding hydrogens is 368 g/mol. The minimum atomic E-state index is -3.50. The number of rotatable bonds is 9. The van der Waals surface area contributed by atoms with E-state index in [0.29, 0.717) is 19.6 Å². The van der Waals surface area contributed by atoms with Crippen molar-refractivity contribution in [1.82, 2.24) is 9.62 Å². The highest BCUT2D eigenvalue weighted by Crippen LogP contribution is 2.13. The number of hydrogen-bond acceptors (Lipinski definition) is 6. The normalized spacial score (nSPS) is 20.8. The molecule has 1 heterocycles. The van der Waals surface area contributed by atoms with Gasteiger partial charge in [-0.25, -0.2) is 13.1 Å². The molecular formula is C19H30N2O5S. The summed E-state index contributed by atoms with van der Waals surface area (Å²) in [6, 6.07) is 9.30. The fraction of sp³-hybridized carbons (Fsp3) is 0.632. The summed E-state index contributed by atoms with van der Waals surface area (Å²) in [6.45, 7) is 6.72. The van der Waals surface area contributed by atoms with E-state index in [0.717, 1.165) is 19.3 Å². The first-order valence-corrected chi connectivity index (χ1v) is 11.2. The lowest BCUT2D eigenvalue weighted by molar-refractivity contribution is -0.154. The summed E-state index contributed by atoms with van der Waals surface area (Å²) in [6.07, 6.45) is 1.48. The van der Waals surface area contributed by atoms with Gasteiger partial charge in [-0.3, -0.25) is 9.69 Å². The van der Waals surface area contributed by atoms with E-state index in [2.05, 4.69) is 21.8 Å². The van der Waals surface area contributed by atoms with Crippen LogP contribution in [0.5, 0.6) is 0 Å². The van der Waals surface area contributed by atoms with E-state index in [9.17, 15) is 13.2 Å². The summed E-state index contributed by atoms with van der Waals surface area (Å²) in [5, 5.41) is 0. The summed E-state index contributed by atoms with van der Waals surface area (Å²) >= 11 is 0. The van der Waals surface area contributed by atoms with Crippen molar-refractivity contribution in [3.63, 3.8) is 0 Å². The summed E-state index contributed by atoms with van der Waals surface area (Å²) in [4.78, 5) is 14.7. The predicted molar refractivity (Wildman–Crippen MR) is 104 cm³/mol. The van der Waals surface area contributed by atoms with Crippen LogP contribution in [0.4, 0.5) is 0 Å². The van der Waals surface area contributed by atoms with Gasteiger partial charge in [-0.05, 0) is 11.5 Å². The van der Waals surface area contributed by atoms with E-state index in [1.165, 1.54) is 5.56 Å². The number of benzene rings is 1. The molecule has 0 spiro atoms. The third-order valence-electron chi connectivity index (χ3n) is 4.69. The zero-order valence-electron chi connectivity index (χ0n) is 16.3. The average molecular weight is 399 g/mol. The molecule has 2 rings (SSSR count). The molecule has 1 fully saturated rings.